The molecule has 0 aliphatic heterocycles. The monoisotopic (exact) mass is 302 g/mol. The zero-order valence-electron chi connectivity index (χ0n) is 10.9. The highest BCUT2D eigenvalue weighted by Crippen LogP contribution is 2.20. The molecule has 0 fully saturated rings. The molecule has 0 bridgehead atoms. The summed E-state index contributed by atoms with van der Waals surface area (Å²) in [5, 5.41) is 0. The molecule has 1 heterocycles. The van der Waals surface area contributed by atoms with Gasteiger partial charge in [0, 0.05) is 13.3 Å². The first kappa shape index (κ1) is 17.9. The minimum Gasteiger partial charge on any atom is -0.741 e. The van der Waals surface area contributed by atoms with Gasteiger partial charge in [-0.3, -0.25) is 0 Å². The number of imidazole rings is 1. The normalized spacial score (nSPS) is 11.9. The molecule has 0 aliphatic rings. The Hall–Kier alpha value is -1.09. The molecule has 1 aromatic rings. The van der Waals surface area contributed by atoms with Crippen LogP contribution in [0, 0.1) is 6.92 Å². The fourth-order valence-electron chi connectivity index (χ4n) is 1.18. The summed E-state index contributed by atoms with van der Waals surface area (Å²) in [6.45, 7) is 4.31. The Morgan fingerprint density at radius 3 is 2.16 bits per heavy atom. The molecule has 0 spiro atoms. The maximum absolute atomic E-state index is 10.7. The van der Waals surface area contributed by atoms with E-state index in [4.69, 9.17) is 13.0 Å². The van der Waals surface area contributed by atoms with Gasteiger partial charge in [0.1, 0.15) is 11.9 Å². The van der Waals surface area contributed by atoms with Crippen LogP contribution in [0.4, 0.5) is 13.2 Å². The number of alkyl halides is 3. The number of aryl methyl sites for hydroxylation is 3. The van der Waals surface area contributed by atoms with Crippen molar-refractivity contribution in [2.45, 2.75) is 38.6 Å². The number of H-pyrrole nitrogens is 1. The van der Waals surface area contributed by atoms with Gasteiger partial charge in [0.15, 0.2) is 10.1 Å². The number of nitrogens with one attached hydrogen (secondary N) is 1. The zero-order chi connectivity index (χ0) is 15.3. The number of hydrogen-bond acceptors (Lipinski definition) is 3. The van der Waals surface area contributed by atoms with Crippen LogP contribution in [-0.2, 0) is 23.6 Å². The van der Waals surface area contributed by atoms with Crippen LogP contribution in [0.5, 0.6) is 0 Å². The average Bonchev–Trinajstić information content (AvgIpc) is 2.53. The van der Waals surface area contributed by atoms with Crippen molar-refractivity contribution < 1.29 is 30.7 Å². The Morgan fingerprint density at radius 1 is 1.42 bits per heavy atom. The van der Waals surface area contributed by atoms with Gasteiger partial charge in [-0.15, -0.1) is 0 Å². The highest BCUT2D eigenvalue weighted by Gasteiger charge is 2.36. The van der Waals surface area contributed by atoms with Crippen LogP contribution in [0.3, 0.4) is 0 Å². The van der Waals surface area contributed by atoms with Crippen molar-refractivity contribution >= 4 is 10.1 Å². The summed E-state index contributed by atoms with van der Waals surface area (Å²) in [6, 6.07) is 0. The van der Waals surface area contributed by atoms with E-state index in [1.165, 1.54) is 30.8 Å². The average molecular weight is 302 g/mol. The molecule has 5 nitrogen and oxygen atoms in total. The second kappa shape index (κ2) is 6.90. The Kier molecular flexibility index (Phi) is 6.50. The van der Waals surface area contributed by atoms with E-state index in [9.17, 15) is 13.2 Å². The van der Waals surface area contributed by atoms with Gasteiger partial charge in [0.2, 0.25) is 0 Å². The zero-order valence-corrected chi connectivity index (χ0v) is 11.7. The highest BCUT2D eigenvalue weighted by molar-refractivity contribution is 7.86. The lowest BCUT2D eigenvalue weighted by atomic mass is 10.2. The Morgan fingerprint density at radius 2 is 1.89 bits per heavy atom. The van der Waals surface area contributed by atoms with Crippen LogP contribution in [0.25, 0.3) is 0 Å². The molecule has 112 valence electrons. The van der Waals surface area contributed by atoms with Crippen molar-refractivity contribution in [2.24, 2.45) is 7.05 Å². The lowest BCUT2D eigenvalue weighted by molar-refractivity contribution is -0.676. The molecule has 0 aliphatic carbocycles. The van der Waals surface area contributed by atoms with Gasteiger partial charge in [-0.05, 0) is 6.42 Å². The molecule has 0 unspecified atom stereocenters. The van der Waals surface area contributed by atoms with Crippen LogP contribution in [-0.4, -0.2) is 23.5 Å². The van der Waals surface area contributed by atoms with E-state index >= 15 is 0 Å². The smallest absolute Gasteiger partial charge is 0.485 e. The molecule has 0 atom stereocenters. The molecule has 0 radical (unpaired) electrons. The van der Waals surface area contributed by atoms with Gasteiger partial charge in [0.25, 0.3) is 5.82 Å². The second-order valence-electron chi connectivity index (χ2n) is 3.98. The number of hydrogen-bond donors (Lipinski definition) is 1. The molecular formula is C10H17F3N2O3S. The molecule has 0 saturated carbocycles. The van der Waals surface area contributed by atoms with Gasteiger partial charge in [-0.25, -0.2) is 18.0 Å². The Labute approximate surface area is 110 Å². The van der Waals surface area contributed by atoms with Crippen molar-refractivity contribution in [2.75, 3.05) is 0 Å². The van der Waals surface area contributed by atoms with Crippen molar-refractivity contribution in [1.29, 1.82) is 0 Å². The van der Waals surface area contributed by atoms with E-state index in [2.05, 4.69) is 36.6 Å². The standard InChI is InChI=1S/C9H16N2.CHF3O3S/c1-4-5-6-9-7-11(3)8(2)10-9;2-1(3,4)8(5,6)7/h7H,4-6H2,1-3H3;(H,5,6,7). The van der Waals surface area contributed by atoms with E-state index in [1.807, 2.05) is 0 Å². The Balaban J connectivity index is 0.000000362. The molecule has 9 heteroatoms. The summed E-state index contributed by atoms with van der Waals surface area (Å²) in [5.41, 5.74) is -4.29. The van der Waals surface area contributed by atoms with Gasteiger partial charge < -0.3 is 4.55 Å². The minimum atomic E-state index is -6.09. The largest absolute Gasteiger partial charge is 0.741 e. The van der Waals surface area contributed by atoms with Gasteiger partial charge in [-0.1, -0.05) is 13.3 Å². The molecule has 0 amide bonds. The fraction of sp³-hybridized carbons (Fsp3) is 0.700. The van der Waals surface area contributed by atoms with Crippen molar-refractivity contribution in [3.05, 3.63) is 17.7 Å². The predicted octanol–water partition coefficient (Wildman–Crippen LogP) is 1.54. The summed E-state index contributed by atoms with van der Waals surface area (Å²) in [4.78, 5) is 3.34. The fourth-order valence-corrected chi connectivity index (χ4v) is 1.18. The molecule has 1 aromatic heterocycles. The maximum Gasteiger partial charge on any atom is 0.485 e. The van der Waals surface area contributed by atoms with Crippen LogP contribution in [0.15, 0.2) is 6.20 Å². The number of rotatable bonds is 3. The summed E-state index contributed by atoms with van der Waals surface area (Å²) in [7, 11) is -4.02. The lowest BCUT2D eigenvalue weighted by Gasteiger charge is -2.08. The van der Waals surface area contributed by atoms with Crippen molar-refractivity contribution in [3.63, 3.8) is 0 Å². The van der Waals surface area contributed by atoms with Gasteiger partial charge in [-0.2, -0.15) is 13.2 Å². The number of aromatic nitrogens is 2. The summed E-state index contributed by atoms with van der Waals surface area (Å²) >= 11 is 0. The third-order valence-corrected chi connectivity index (χ3v) is 2.87. The van der Waals surface area contributed by atoms with E-state index in [1.54, 1.807) is 0 Å². The first-order chi connectivity index (χ1) is 8.49. The third-order valence-electron chi connectivity index (χ3n) is 2.30. The summed E-state index contributed by atoms with van der Waals surface area (Å²) in [5.74, 6) is 1.23. The molecule has 19 heavy (non-hydrogen) atoms. The van der Waals surface area contributed by atoms with E-state index in [-0.39, 0.29) is 0 Å². The number of aromatic amines is 1. The molecule has 1 rings (SSSR count). The quantitative estimate of drug-likeness (QED) is 0.523. The topological polar surface area (TPSA) is 76.9 Å². The van der Waals surface area contributed by atoms with Gasteiger partial charge >= 0.3 is 5.51 Å². The SMILES string of the molecule is CCCCc1c[n+](C)c(C)[nH]1.O=S(=O)([O-])C(F)(F)F. The maximum atomic E-state index is 10.7. The highest BCUT2D eigenvalue weighted by atomic mass is 32.2. The molecule has 1 N–H and O–H groups in total. The van der Waals surface area contributed by atoms with Gasteiger partial charge in [0.05, 0.1) is 7.05 Å². The molecular weight excluding hydrogens is 285 g/mol. The van der Waals surface area contributed by atoms with E-state index in [0.29, 0.717) is 0 Å². The van der Waals surface area contributed by atoms with Crippen LogP contribution in [0.2, 0.25) is 0 Å². The second-order valence-corrected chi connectivity index (χ2v) is 5.35. The van der Waals surface area contributed by atoms with Crippen molar-refractivity contribution in [1.82, 2.24) is 4.98 Å². The number of halogens is 3. The first-order valence-electron chi connectivity index (χ1n) is 5.55. The molecule has 0 saturated heterocycles. The van der Waals surface area contributed by atoms with Crippen LogP contribution in [0.1, 0.15) is 31.3 Å². The number of unbranched alkanes of at least 4 members (excludes halogenated alkanes) is 1. The van der Waals surface area contributed by atoms with E-state index < -0.39 is 15.6 Å². The Bertz CT molecular complexity index is 475. The summed E-state index contributed by atoms with van der Waals surface area (Å²) < 4.78 is 61.0. The molecule has 0 aromatic carbocycles. The van der Waals surface area contributed by atoms with Crippen molar-refractivity contribution in [3.8, 4) is 0 Å². The third kappa shape index (κ3) is 6.58. The lowest BCUT2D eigenvalue weighted by Crippen LogP contribution is -2.28. The first-order valence-corrected chi connectivity index (χ1v) is 6.96. The predicted molar refractivity (Wildman–Crippen MR) is 61.1 cm³/mol. The number of nitrogens with zero attached hydrogens (tertiary/aromatic N) is 1. The minimum absolute atomic E-state index is 1.18. The van der Waals surface area contributed by atoms with Crippen LogP contribution >= 0.6 is 0 Å². The van der Waals surface area contributed by atoms with E-state index in [0.717, 1.165) is 0 Å². The summed E-state index contributed by atoms with van der Waals surface area (Å²) in [6.07, 6.45) is 5.89. The van der Waals surface area contributed by atoms with Crippen LogP contribution < -0.4 is 4.57 Å².